The zero-order chi connectivity index (χ0) is 22.0. The Morgan fingerprint density at radius 3 is 2.65 bits per heavy atom. The van der Waals surface area contributed by atoms with E-state index in [4.69, 9.17) is 0 Å². The summed E-state index contributed by atoms with van der Waals surface area (Å²) in [6.45, 7) is 2.59. The summed E-state index contributed by atoms with van der Waals surface area (Å²) in [5, 5.41) is 6.10. The molecular weight excluding hydrogens is 393 g/mol. The highest BCUT2D eigenvalue weighted by molar-refractivity contribution is 6.07. The molecule has 2 atom stereocenters. The molecule has 0 saturated heterocycles. The minimum absolute atomic E-state index is 0.121. The van der Waals surface area contributed by atoms with Crippen molar-refractivity contribution >= 4 is 22.7 Å². The van der Waals surface area contributed by atoms with E-state index in [0.717, 1.165) is 24.8 Å². The molecule has 4 rings (SSSR count). The van der Waals surface area contributed by atoms with Crippen LogP contribution < -0.4 is 10.6 Å². The number of carbonyl (C=O) groups is 2. The maximum absolute atomic E-state index is 14.8. The van der Waals surface area contributed by atoms with E-state index in [1.54, 1.807) is 25.4 Å². The van der Waals surface area contributed by atoms with Crippen molar-refractivity contribution in [1.82, 2.24) is 15.2 Å². The second-order valence-corrected chi connectivity index (χ2v) is 8.43. The second-order valence-electron chi connectivity index (χ2n) is 8.43. The van der Waals surface area contributed by atoms with Crippen LogP contribution in [0.1, 0.15) is 58.9 Å². The van der Waals surface area contributed by atoms with Crippen LogP contribution in [0.2, 0.25) is 0 Å². The molecule has 2 N–H and O–H groups in total. The average molecular weight is 422 g/mol. The zero-order valence-electron chi connectivity index (χ0n) is 18.0. The van der Waals surface area contributed by atoms with Gasteiger partial charge in [0.15, 0.2) is 0 Å². The Labute approximate surface area is 181 Å². The van der Waals surface area contributed by atoms with Gasteiger partial charge in [0, 0.05) is 36.8 Å². The molecule has 3 aromatic rings. The number of hydrogen-bond acceptors (Lipinski definition) is 2. The summed E-state index contributed by atoms with van der Waals surface area (Å²) in [6, 6.07) is 12.3. The molecule has 0 spiro atoms. The normalized spacial score (nSPS) is 18.7. The Morgan fingerprint density at radius 2 is 1.87 bits per heavy atom. The number of amides is 2. The van der Waals surface area contributed by atoms with Crippen molar-refractivity contribution in [2.45, 2.75) is 45.2 Å². The van der Waals surface area contributed by atoms with Crippen molar-refractivity contribution in [3.8, 4) is 0 Å². The Hall–Kier alpha value is -3.15. The quantitative estimate of drug-likeness (QED) is 0.637. The fourth-order valence-electron chi connectivity index (χ4n) is 4.54. The molecule has 0 radical (unpaired) electrons. The number of benzene rings is 2. The minimum Gasteiger partial charge on any atom is -0.355 e. The molecule has 0 bridgehead atoms. The van der Waals surface area contributed by atoms with Crippen LogP contribution in [0.3, 0.4) is 0 Å². The minimum atomic E-state index is -0.405. The summed E-state index contributed by atoms with van der Waals surface area (Å²) < 4.78 is 16.7. The highest BCUT2D eigenvalue weighted by atomic mass is 19.1. The van der Waals surface area contributed by atoms with E-state index in [0.29, 0.717) is 34.5 Å². The summed E-state index contributed by atoms with van der Waals surface area (Å²) in [7, 11) is 1.59. The largest absolute Gasteiger partial charge is 0.355 e. The van der Waals surface area contributed by atoms with Crippen LogP contribution in [0, 0.1) is 11.7 Å². The van der Waals surface area contributed by atoms with Gasteiger partial charge in [-0.1, -0.05) is 38.0 Å². The third kappa shape index (κ3) is 4.33. The number of nitrogens with one attached hydrogen (secondary N) is 2. The Bertz CT molecular complexity index is 1120. The number of hydrogen-bond donors (Lipinski definition) is 2. The molecule has 1 saturated carbocycles. The van der Waals surface area contributed by atoms with E-state index in [9.17, 15) is 14.0 Å². The Morgan fingerprint density at radius 1 is 1.10 bits per heavy atom. The van der Waals surface area contributed by atoms with Crippen molar-refractivity contribution in [2.24, 2.45) is 5.92 Å². The summed E-state index contributed by atoms with van der Waals surface area (Å²) in [5.74, 6) is -0.376. The van der Waals surface area contributed by atoms with Gasteiger partial charge in [-0.2, -0.15) is 0 Å². The predicted octanol–water partition coefficient (Wildman–Crippen LogP) is 4.50. The summed E-state index contributed by atoms with van der Waals surface area (Å²) in [5.41, 5.74) is 2.47. The van der Waals surface area contributed by atoms with Crippen molar-refractivity contribution in [3.63, 3.8) is 0 Å². The summed E-state index contributed by atoms with van der Waals surface area (Å²) in [4.78, 5) is 25.1. The predicted molar refractivity (Wildman–Crippen MR) is 120 cm³/mol. The third-order valence-electron chi connectivity index (χ3n) is 6.30. The molecule has 6 heteroatoms. The summed E-state index contributed by atoms with van der Waals surface area (Å²) >= 11 is 0. The van der Waals surface area contributed by atoms with Gasteiger partial charge in [0.05, 0.1) is 11.1 Å². The zero-order valence-corrected chi connectivity index (χ0v) is 18.0. The molecule has 1 fully saturated rings. The van der Waals surface area contributed by atoms with E-state index < -0.39 is 5.82 Å². The lowest BCUT2D eigenvalue weighted by molar-refractivity contribution is 0.0910. The van der Waals surface area contributed by atoms with Crippen LogP contribution in [0.5, 0.6) is 0 Å². The number of fused-ring (bicyclic) bond motifs is 1. The van der Waals surface area contributed by atoms with Gasteiger partial charge < -0.3 is 15.2 Å². The highest BCUT2D eigenvalue weighted by Gasteiger charge is 2.25. The van der Waals surface area contributed by atoms with E-state index in [2.05, 4.69) is 17.6 Å². The molecular formula is C25H28FN3O2. The van der Waals surface area contributed by atoms with Gasteiger partial charge in [0.25, 0.3) is 11.8 Å². The lowest BCUT2D eigenvalue weighted by Crippen LogP contribution is -2.41. The van der Waals surface area contributed by atoms with Gasteiger partial charge in [0.2, 0.25) is 0 Å². The third-order valence-corrected chi connectivity index (χ3v) is 6.30. The number of rotatable bonds is 5. The molecule has 1 aromatic heterocycles. The molecule has 0 aliphatic heterocycles. The molecule has 2 unspecified atom stereocenters. The lowest BCUT2D eigenvalue weighted by Gasteiger charge is -2.29. The fraction of sp³-hybridized carbons (Fsp3) is 0.360. The van der Waals surface area contributed by atoms with Crippen LogP contribution in [0.4, 0.5) is 4.39 Å². The van der Waals surface area contributed by atoms with E-state index in [1.807, 2.05) is 28.8 Å². The fourth-order valence-corrected chi connectivity index (χ4v) is 4.54. The van der Waals surface area contributed by atoms with E-state index in [-0.39, 0.29) is 17.9 Å². The Balaban J connectivity index is 1.67. The average Bonchev–Trinajstić information content (AvgIpc) is 3.15. The lowest BCUT2D eigenvalue weighted by atomic mass is 9.86. The van der Waals surface area contributed by atoms with Crippen molar-refractivity contribution < 1.29 is 14.0 Å². The van der Waals surface area contributed by atoms with Crippen LogP contribution in [0.15, 0.2) is 48.7 Å². The SMILES string of the molecule is CNC(=O)c1cccc(Cn2cc(C(=O)NC3CCCCC3C)c3c(F)cccc32)c1. The van der Waals surface area contributed by atoms with Gasteiger partial charge in [0.1, 0.15) is 5.82 Å². The van der Waals surface area contributed by atoms with E-state index in [1.165, 1.54) is 12.5 Å². The molecule has 1 aliphatic carbocycles. The molecule has 5 nitrogen and oxygen atoms in total. The van der Waals surface area contributed by atoms with E-state index >= 15 is 0 Å². The monoisotopic (exact) mass is 421 g/mol. The topological polar surface area (TPSA) is 63.1 Å². The van der Waals surface area contributed by atoms with Gasteiger partial charge >= 0.3 is 0 Å². The first kappa shape index (κ1) is 21.1. The van der Waals surface area contributed by atoms with Crippen LogP contribution in [-0.4, -0.2) is 29.5 Å². The molecule has 162 valence electrons. The van der Waals surface area contributed by atoms with Crippen LogP contribution in [0.25, 0.3) is 10.9 Å². The first-order valence-electron chi connectivity index (χ1n) is 10.9. The molecule has 2 amide bonds. The molecule has 1 heterocycles. The smallest absolute Gasteiger partial charge is 0.253 e. The Kier molecular flexibility index (Phi) is 6.07. The maximum atomic E-state index is 14.8. The first-order chi connectivity index (χ1) is 15.0. The molecule has 1 aliphatic rings. The van der Waals surface area contributed by atoms with Gasteiger partial charge in [-0.25, -0.2) is 4.39 Å². The first-order valence-corrected chi connectivity index (χ1v) is 10.9. The van der Waals surface area contributed by atoms with Crippen LogP contribution in [-0.2, 0) is 6.54 Å². The van der Waals surface area contributed by atoms with Gasteiger partial charge in [-0.3, -0.25) is 9.59 Å². The van der Waals surface area contributed by atoms with Crippen LogP contribution >= 0.6 is 0 Å². The summed E-state index contributed by atoms with van der Waals surface area (Å²) in [6.07, 6.45) is 6.08. The molecule has 31 heavy (non-hydrogen) atoms. The number of carbonyl (C=O) groups excluding carboxylic acids is 2. The van der Waals surface area contributed by atoms with Crippen molar-refractivity contribution in [2.75, 3.05) is 7.05 Å². The van der Waals surface area contributed by atoms with Crippen molar-refractivity contribution in [3.05, 3.63) is 71.2 Å². The van der Waals surface area contributed by atoms with Crippen molar-refractivity contribution in [1.29, 1.82) is 0 Å². The number of nitrogens with zero attached hydrogens (tertiary/aromatic N) is 1. The van der Waals surface area contributed by atoms with Gasteiger partial charge in [-0.05, 0) is 48.6 Å². The number of aromatic nitrogens is 1. The highest BCUT2D eigenvalue weighted by Crippen LogP contribution is 2.28. The number of halogens is 1. The molecule has 2 aromatic carbocycles. The second kappa shape index (κ2) is 8.92. The van der Waals surface area contributed by atoms with Gasteiger partial charge in [-0.15, -0.1) is 0 Å². The maximum Gasteiger partial charge on any atom is 0.253 e. The standard InChI is InChI=1S/C25H28FN3O2/c1-16-7-3-4-11-21(16)28-25(31)19-15-29(22-12-6-10-20(26)23(19)22)14-17-8-5-9-18(13-17)24(30)27-2/h5-6,8-10,12-13,15-16,21H,3-4,7,11,14H2,1-2H3,(H,27,30)(H,28,31).